The average molecular weight is 569 g/mol. The first-order valence-electron chi connectivity index (χ1n) is 10.7. The van der Waals surface area contributed by atoms with Crippen LogP contribution in [0.4, 0.5) is 26.3 Å². The van der Waals surface area contributed by atoms with Gasteiger partial charge in [0, 0.05) is 15.6 Å². The van der Waals surface area contributed by atoms with Gasteiger partial charge in [0.1, 0.15) is 12.6 Å². The van der Waals surface area contributed by atoms with Crippen LogP contribution >= 0.6 is 23.2 Å². The highest BCUT2D eigenvalue weighted by Gasteiger charge is 2.58. The van der Waals surface area contributed by atoms with Gasteiger partial charge in [0.05, 0.1) is 6.61 Å². The first-order chi connectivity index (χ1) is 17.0. The van der Waals surface area contributed by atoms with Crippen LogP contribution in [-0.4, -0.2) is 43.4 Å². The Kier molecular flexibility index (Phi) is 8.21. The molecule has 13 heteroatoms. The zero-order valence-electron chi connectivity index (χ0n) is 19.3. The van der Waals surface area contributed by atoms with E-state index in [1.54, 1.807) is 5.32 Å². The van der Waals surface area contributed by atoms with Crippen molar-refractivity contribution in [3.05, 3.63) is 74.8 Å². The third kappa shape index (κ3) is 6.58. The SMILES string of the molecule is Cc1cc(C2=CC(c3cc(Cl)cc(Cl)c3)(C(F)(F)F)OC2)ccc1C(=O)NC(C)C(=O)NCC(F)(F)F. The Morgan fingerprint density at radius 1 is 1.05 bits per heavy atom. The minimum atomic E-state index is -4.85. The van der Waals surface area contributed by atoms with Crippen LogP contribution in [0.2, 0.25) is 10.0 Å². The van der Waals surface area contributed by atoms with E-state index in [1.165, 1.54) is 38.1 Å². The molecular formula is C24H20Cl2F6N2O3. The molecule has 0 aromatic heterocycles. The molecule has 200 valence electrons. The molecular weight excluding hydrogens is 549 g/mol. The van der Waals surface area contributed by atoms with Gasteiger partial charge >= 0.3 is 12.4 Å². The van der Waals surface area contributed by atoms with E-state index in [-0.39, 0.29) is 26.7 Å². The first kappa shape index (κ1) is 28.8. The van der Waals surface area contributed by atoms with E-state index in [0.717, 1.165) is 18.2 Å². The van der Waals surface area contributed by atoms with Crippen molar-refractivity contribution in [1.82, 2.24) is 10.6 Å². The molecule has 0 radical (unpaired) electrons. The van der Waals surface area contributed by atoms with Crippen LogP contribution in [0.1, 0.15) is 34.0 Å². The molecule has 3 rings (SSSR count). The van der Waals surface area contributed by atoms with Crippen molar-refractivity contribution in [2.24, 2.45) is 0 Å². The Morgan fingerprint density at radius 2 is 1.68 bits per heavy atom. The van der Waals surface area contributed by atoms with Gasteiger partial charge in [0.25, 0.3) is 5.91 Å². The molecule has 1 aliphatic heterocycles. The number of benzene rings is 2. The zero-order chi connectivity index (χ0) is 27.8. The number of aryl methyl sites for hydroxylation is 1. The zero-order valence-corrected chi connectivity index (χ0v) is 20.8. The molecule has 0 fully saturated rings. The molecule has 5 nitrogen and oxygen atoms in total. The van der Waals surface area contributed by atoms with Gasteiger partial charge in [0.15, 0.2) is 0 Å². The second-order valence-electron chi connectivity index (χ2n) is 8.41. The number of hydrogen-bond acceptors (Lipinski definition) is 3. The number of carbonyl (C=O) groups excluding carboxylic acids is 2. The number of ether oxygens (including phenoxy) is 1. The monoisotopic (exact) mass is 568 g/mol. The number of hydrogen-bond donors (Lipinski definition) is 2. The normalized spacial score (nSPS) is 18.8. The lowest BCUT2D eigenvalue weighted by molar-refractivity contribution is -0.254. The Labute approximate surface area is 217 Å². The minimum absolute atomic E-state index is 0.00380. The fourth-order valence-corrected chi connectivity index (χ4v) is 4.27. The summed E-state index contributed by atoms with van der Waals surface area (Å²) in [5, 5.41) is 3.98. The van der Waals surface area contributed by atoms with Gasteiger partial charge in [-0.3, -0.25) is 9.59 Å². The smallest absolute Gasteiger partial charge is 0.352 e. The highest BCUT2D eigenvalue weighted by Crippen LogP contribution is 2.49. The van der Waals surface area contributed by atoms with E-state index >= 15 is 0 Å². The quantitative estimate of drug-likeness (QED) is 0.422. The largest absolute Gasteiger partial charge is 0.425 e. The number of amides is 2. The first-order valence-corrected chi connectivity index (χ1v) is 11.4. The van der Waals surface area contributed by atoms with Crippen LogP contribution < -0.4 is 10.6 Å². The molecule has 1 heterocycles. The average Bonchev–Trinajstić information content (AvgIpc) is 3.23. The van der Waals surface area contributed by atoms with Crippen LogP contribution in [0, 0.1) is 6.92 Å². The van der Waals surface area contributed by atoms with E-state index in [2.05, 4.69) is 5.32 Å². The summed E-state index contributed by atoms with van der Waals surface area (Å²) in [5.41, 5.74) is -2.10. The van der Waals surface area contributed by atoms with E-state index in [0.29, 0.717) is 11.1 Å². The topological polar surface area (TPSA) is 67.4 Å². The van der Waals surface area contributed by atoms with Crippen molar-refractivity contribution in [1.29, 1.82) is 0 Å². The van der Waals surface area contributed by atoms with Gasteiger partial charge in [0.2, 0.25) is 11.5 Å². The van der Waals surface area contributed by atoms with E-state index in [1.807, 2.05) is 0 Å². The Balaban J connectivity index is 1.84. The van der Waals surface area contributed by atoms with Gasteiger partial charge in [-0.15, -0.1) is 0 Å². The van der Waals surface area contributed by atoms with Crippen molar-refractivity contribution in [3.63, 3.8) is 0 Å². The molecule has 2 unspecified atom stereocenters. The summed E-state index contributed by atoms with van der Waals surface area (Å²) in [7, 11) is 0. The fourth-order valence-electron chi connectivity index (χ4n) is 3.75. The maximum atomic E-state index is 14.2. The van der Waals surface area contributed by atoms with Gasteiger partial charge in [-0.1, -0.05) is 35.3 Å². The Hall–Kier alpha value is -2.76. The number of carbonyl (C=O) groups is 2. The number of rotatable bonds is 6. The standard InChI is InChI=1S/C24H20Cl2F6N2O3/c1-12-5-14(3-4-19(12)21(36)34-13(2)20(35)33-11-23(27,28)29)15-9-22(37-10-15,24(30,31)32)16-6-17(25)8-18(26)7-16/h3-9,13H,10-11H2,1-2H3,(H,33,35)(H,34,36). The second kappa shape index (κ2) is 10.5. The van der Waals surface area contributed by atoms with Crippen LogP contribution in [0.15, 0.2) is 42.5 Å². The van der Waals surface area contributed by atoms with Crippen molar-refractivity contribution >= 4 is 40.6 Å². The fraction of sp³-hybridized carbons (Fsp3) is 0.333. The summed E-state index contributed by atoms with van der Waals surface area (Å²) < 4.78 is 84.7. The van der Waals surface area contributed by atoms with E-state index in [4.69, 9.17) is 27.9 Å². The van der Waals surface area contributed by atoms with Gasteiger partial charge in [-0.05, 0) is 66.5 Å². The molecule has 2 aromatic carbocycles. The maximum absolute atomic E-state index is 14.2. The van der Waals surface area contributed by atoms with Gasteiger partial charge in [-0.2, -0.15) is 26.3 Å². The summed E-state index contributed by atoms with van der Waals surface area (Å²) in [6.07, 6.45) is -8.52. The summed E-state index contributed by atoms with van der Waals surface area (Å²) in [6.45, 7) is 0.798. The van der Waals surface area contributed by atoms with Gasteiger partial charge in [-0.25, -0.2) is 0 Å². The lowest BCUT2D eigenvalue weighted by atomic mass is 9.90. The molecule has 0 saturated carbocycles. The van der Waals surface area contributed by atoms with Crippen molar-refractivity contribution in [3.8, 4) is 0 Å². The molecule has 0 saturated heterocycles. The Bertz CT molecular complexity index is 1230. The van der Waals surface area contributed by atoms with Crippen molar-refractivity contribution in [2.45, 2.75) is 37.8 Å². The summed E-state index contributed by atoms with van der Waals surface area (Å²) in [5.74, 6) is -1.77. The van der Waals surface area contributed by atoms with Crippen LogP contribution in [0.5, 0.6) is 0 Å². The van der Waals surface area contributed by atoms with Crippen molar-refractivity contribution in [2.75, 3.05) is 13.2 Å². The molecule has 2 N–H and O–H groups in total. The summed E-state index contributed by atoms with van der Waals surface area (Å²) in [6, 6.07) is 6.47. The van der Waals surface area contributed by atoms with Crippen molar-refractivity contribution < 1.29 is 40.7 Å². The summed E-state index contributed by atoms with van der Waals surface area (Å²) in [4.78, 5) is 24.4. The lowest BCUT2D eigenvalue weighted by Crippen LogP contribution is -2.47. The molecule has 2 atom stereocenters. The number of halogens is 8. The predicted octanol–water partition coefficient (Wildman–Crippen LogP) is 5.97. The molecule has 2 amide bonds. The van der Waals surface area contributed by atoms with Crippen LogP contribution in [0.25, 0.3) is 5.57 Å². The van der Waals surface area contributed by atoms with Crippen LogP contribution in [-0.2, 0) is 15.1 Å². The number of alkyl halides is 6. The summed E-state index contributed by atoms with van der Waals surface area (Å²) >= 11 is 11.8. The maximum Gasteiger partial charge on any atom is 0.425 e. The second-order valence-corrected chi connectivity index (χ2v) is 9.28. The highest BCUT2D eigenvalue weighted by molar-refractivity contribution is 6.34. The molecule has 1 aliphatic rings. The highest BCUT2D eigenvalue weighted by atomic mass is 35.5. The molecule has 0 aliphatic carbocycles. The van der Waals surface area contributed by atoms with E-state index < -0.39 is 49.0 Å². The lowest BCUT2D eigenvalue weighted by Gasteiger charge is -2.30. The number of nitrogens with one attached hydrogen (secondary N) is 2. The molecule has 0 spiro atoms. The molecule has 2 aromatic rings. The molecule has 0 bridgehead atoms. The third-order valence-electron chi connectivity index (χ3n) is 5.59. The van der Waals surface area contributed by atoms with E-state index in [9.17, 15) is 35.9 Å². The third-order valence-corrected chi connectivity index (χ3v) is 6.03. The minimum Gasteiger partial charge on any atom is -0.352 e. The van der Waals surface area contributed by atoms with Crippen LogP contribution in [0.3, 0.4) is 0 Å². The predicted molar refractivity (Wildman–Crippen MR) is 125 cm³/mol. The Morgan fingerprint density at radius 3 is 2.22 bits per heavy atom. The molecule has 37 heavy (non-hydrogen) atoms. The van der Waals surface area contributed by atoms with Gasteiger partial charge < -0.3 is 15.4 Å².